The fraction of sp³-hybridized carbons (Fsp3) is 0. The third-order valence-electron chi connectivity index (χ3n) is 0. The summed E-state index contributed by atoms with van der Waals surface area (Å²) in [5.74, 6) is 0. The molecule has 0 N–H and O–H groups in total. The van der Waals surface area contributed by atoms with E-state index in [1.807, 2.05) is 0 Å². The molecule has 0 saturated heterocycles. The Kier molecular flexibility index (Phi) is 15.7. The zero-order valence-electron chi connectivity index (χ0n) is 3.09. The maximum absolute atomic E-state index is 9.75. The van der Waals surface area contributed by atoms with E-state index < -0.39 is 7.25 Å². The fourth-order valence-electron chi connectivity index (χ4n) is 0. The fourth-order valence-corrected chi connectivity index (χ4v) is 0. The van der Waals surface area contributed by atoms with Crippen LogP contribution in [0.3, 0.4) is 0 Å². The second-order valence-corrected chi connectivity index (χ2v) is 0.495. The predicted octanol–water partition coefficient (Wildman–Crippen LogP) is -0.420. The van der Waals surface area contributed by atoms with E-state index in [1.54, 1.807) is 0 Å². The van der Waals surface area contributed by atoms with Crippen molar-refractivity contribution in [2.75, 3.05) is 0 Å². The van der Waals surface area contributed by atoms with Gasteiger partial charge in [0, 0.05) is 0 Å². The average Bonchev–Trinajstić information content (AvgIpc) is 0.722. The van der Waals surface area contributed by atoms with Crippen molar-refractivity contribution in [3.05, 3.63) is 0 Å². The summed E-state index contributed by atoms with van der Waals surface area (Å²) in [5, 5.41) is 0. The van der Waals surface area contributed by atoms with E-state index in [0.717, 1.165) is 0 Å². The molecule has 40 valence electrons. The minimum absolute atomic E-state index is 0. The SMILES string of the molecule is F[B-](F)(F)F.[BaH2].[CaH2].[H+]. The molecule has 0 bridgehead atoms. The van der Waals surface area contributed by atoms with Crippen LogP contribution in [-0.2, 0) is 0 Å². The second kappa shape index (κ2) is 6.73. The molecule has 0 aliphatic carbocycles. The van der Waals surface area contributed by atoms with Gasteiger partial charge < -0.3 is 17.3 Å². The zero-order chi connectivity index (χ0) is 4.50. The van der Waals surface area contributed by atoms with Gasteiger partial charge in [-0.2, -0.15) is 0 Å². The first-order chi connectivity index (χ1) is 2.00. The van der Waals surface area contributed by atoms with Crippen LogP contribution < -0.4 is 0 Å². The topological polar surface area (TPSA) is 0 Å². The van der Waals surface area contributed by atoms with Crippen molar-refractivity contribution < 1.29 is 18.7 Å². The van der Waals surface area contributed by atoms with E-state index in [1.165, 1.54) is 0 Å². The van der Waals surface area contributed by atoms with Crippen LogP contribution in [0.1, 0.15) is 1.43 Å². The van der Waals surface area contributed by atoms with Crippen LogP contribution in [0.4, 0.5) is 17.3 Å². The Bertz CT molecular complexity index is 31.5. The molecule has 0 spiro atoms. The van der Waals surface area contributed by atoms with Crippen LogP contribution in [0.5, 0.6) is 0 Å². The van der Waals surface area contributed by atoms with Crippen LogP contribution >= 0.6 is 0 Å². The van der Waals surface area contributed by atoms with Crippen LogP contribution in [0.15, 0.2) is 0 Å². The van der Waals surface area contributed by atoms with Crippen LogP contribution in [0.2, 0.25) is 0 Å². The first-order valence-electron chi connectivity index (χ1n) is 0.873. The molecule has 0 heterocycles. The number of halogens is 4. The second-order valence-electron chi connectivity index (χ2n) is 0.495. The molecule has 7 heteroatoms. The Morgan fingerprint density at radius 1 is 1.00 bits per heavy atom. The molecular weight excluding hydrogens is 264 g/mol. The molecule has 0 fully saturated rings. The summed E-state index contributed by atoms with van der Waals surface area (Å²) in [6.07, 6.45) is 0. The number of hydrogen-bond donors (Lipinski definition) is 0. The van der Waals surface area contributed by atoms with E-state index in [0.29, 0.717) is 0 Å². The van der Waals surface area contributed by atoms with Gasteiger partial charge >= 0.3 is 95.3 Å². The summed E-state index contributed by atoms with van der Waals surface area (Å²) >= 11 is 0. The zero-order valence-corrected chi connectivity index (χ0v) is 2.09. The van der Waals surface area contributed by atoms with Crippen LogP contribution in [0.25, 0.3) is 0 Å². The van der Waals surface area contributed by atoms with E-state index in [9.17, 15) is 17.3 Å². The molecule has 0 nitrogen and oxygen atoms in total. The van der Waals surface area contributed by atoms with Gasteiger partial charge in [0.05, 0.1) is 0 Å². The van der Waals surface area contributed by atoms with Crippen molar-refractivity contribution in [1.82, 2.24) is 0 Å². The van der Waals surface area contributed by atoms with Crippen molar-refractivity contribution in [1.29, 1.82) is 0 Å². The maximum atomic E-state index is 9.75. The van der Waals surface area contributed by atoms with Gasteiger partial charge in [0.1, 0.15) is 0 Å². The molecule has 0 aliphatic heterocycles. The molecule has 7 heavy (non-hydrogen) atoms. The third kappa shape index (κ3) is 55.1. The average molecular weight is 269 g/mol. The van der Waals surface area contributed by atoms with Gasteiger partial charge in [0.15, 0.2) is 0 Å². The van der Waals surface area contributed by atoms with Crippen molar-refractivity contribution in [2.24, 2.45) is 0 Å². The third-order valence-corrected chi connectivity index (χ3v) is 0. The Hall–Kier alpha value is 2.62. The van der Waals surface area contributed by atoms with Crippen molar-refractivity contribution >= 4 is 93.9 Å². The van der Waals surface area contributed by atoms with Crippen molar-refractivity contribution in [3.8, 4) is 0 Å². The Morgan fingerprint density at radius 2 is 1.00 bits per heavy atom. The van der Waals surface area contributed by atoms with E-state index in [4.69, 9.17) is 0 Å². The molecule has 0 aliphatic rings. The monoisotopic (exact) mass is 270 g/mol. The molecule has 0 radical (unpaired) electrons. The van der Waals surface area contributed by atoms with Crippen LogP contribution in [-0.4, -0.2) is 93.9 Å². The molecule has 0 unspecified atom stereocenters. The Morgan fingerprint density at radius 3 is 1.00 bits per heavy atom. The predicted molar refractivity (Wildman–Crippen MR) is 28.4 cm³/mol. The molecule has 0 saturated carbocycles. The maximum Gasteiger partial charge on any atom is 1.00 e. The van der Waals surface area contributed by atoms with Crippen molar-refractivity contribution in [3.63, 3.8) is 0 Å². The summed E-state index contributed by atoms with van der Waals surface area (Å²) in [6, 6.07) is 0. The van der Waals surface area contributed by atoms with Gasteiger partial charge in [-0.15, -0.1) is 0 Å². The van der Waals surface area contributed by atoms with E-state index in [-0.39, 0.29) is 88.0 Å². The first kappa shape index (κ1) is 16.3. The summed E-state index contributed by atoms with van der Waals surface area (Å²) in [4.78, 5) is 0. The Balaban J connectivity index is -0.0000000267. The van der Waals surface area contributed by atoms with Gasteiger partial charge in [0.2, 0.25) is 0 Å². The molecule has 0 amide bonds. The summed E-state index contributed by atoms with van der Waals surface area (Å²) < 4.78 is 39.0. The van der Waals surface area contributed by atoms with E-state index in [2.05, 4.69) is 0 Å². The Labute approximate surface area is 110 Å². The van der Waals surface area contributed by atoms with Gasteiger partial charge in [-0.1, -0.05) is 0 Å². The minimum Gasteiger partial charge on any atom is 1.00 e. The van der Waals surface area contributed by atoms with E-state index >= 15 is 0 Å². The quantitative estimate of drug-likeness (QED) is 0.414. The van der Waals surface area contributed by atoms with Crippen LogP contribution in [0, 0.1) is 0 Å². The smallest absolute Gasteiger partial charge is 1.00 e. The summed E-state index contributed by atoms with van der Waals surface area (Å²) in [7, 11) is -6.00. The van der Waals surface area contributed by atoms with Gasteiger partial charge in [-0.3, -0.25) is 0 Å². The number of hydrogen-bond acceptors (Lipinski definition) is 0. The normalized spacial score (nSPS) is 8.57. The molecular formula is H5BBaCaF4. The van der Waals surface area contributed by atoms with Gasteiger partial charge in [-0.25, -0.2) is 0 Å². The number of rotatable bonds is 0. The van der Waals surface area contributed by atoms with Gasteiger partial charge in [-0.05, 0) is 0 Å². The largest absolute Gasteiger partial charge is 1.00 e. The van der Waals surface area contributed by atoms with Gasteiger partial charge in [0.25, 0.3) is 0 Å². The molecule has 0 aromatic rings. The molecule has 0 atom stereocenters. The molecule has 0 aromatic carbocycles. The summed E-state index contributed by atoms with van der Waals surface area (Å²) in [6.45, 7) is 0. The summed E-state index contributed by atoms with van der Waals surface area (Å²) in [5.41, 5.74) is 0. The molecule has 0 aromatic heterocycles. The molecule has 0 rings (SSSR count). The standard InChI is InChI=1S/BF4.Ba.Ca.4H/c2-1(3,4)5;;;;;;/q-1;;;;;;/p+1. The van der Waals surface area contributed by atoms with Crippen molar-refractivity contribution in [2.45, 2.75) is 0 Å². The first-order valence-corrected chi connectivity index (χ1v) is 0.873. The minimum atomic E-state index is -6.00.